The maximum Gasteiger partial charge on any atom is 0.288 e. The number of hydrogen-bond donors (Lipinski definition) is 0. The van der Waals surface area contributed by atoms with Gasteiger partial charge in [0.2, 0.25) is 5.88 Å². The van der Waals surface area contributed by atoms with Crippen molar-refractivity contribution < 1.29 is 9.66 Å². The number of nitro groups is 1. The Balaban J connectivity index is 2.29. The minimum absolute atomic E-state index is 0.0181. The Bertz CT molecular complexity index is 607. The second-order valence-corrected chi connectivity index (χ2v) is 4.52. The van der Waals surface area contributed by atoms with E-state index in [4.69, 9.17) is 16.3 Å². The summed E-state index contributed by atoms with van der Waals surface area (Å²) < 4.78 is 6.14. The van der Waals surface area contributed by atoms with Gasteiger partial charge < -0.3 is 4.74 Å². The summed E-state index contributed by atoms with van der Waals surface area (Å²) in [7, 11) is 0. The zero-order chi connectivity index (χ0) is 13.1. The normalized spacial score (nSPS) is 10.1. The Morgan fingerprint density at radius 1 is 1.39 bits per heavy atom. The van der Waals surface area contributed by atoms with E-state index in [1.807, 2.05) is 0 Å². The molecule has 0 bridgehead atoms. The highest BCUT2D eigenvalue weighted by atomic mass is 79.9. The summed E-state index contributed by atoms with van der Waals surface area (Å²) in [4.78, 5) is 14.1. The van der Waals surface area contributed by atoms with Crippen LogP contribution in [0.25, 0.3) is 0 Å². The van der Waals surface area contributed by atoms with Gasteiger partial charge in [0, 0.05) is 18.3 Å². The van der Waals surface area contributed by atoms with Crippen molar-refractivity contribution in [3.63, 3.8) is 0 Å². The van der Waals surface area contributed by atoms with E-state index in [9.17, 15) is 10.1 Å². The summed E-state index contributed by atoms with van der Waals surface area (Å²) in [6.07, 6.45) is 1.58. The van der Waals surface area contributed by atoms with Crippen LogP contribution in [0.3, 0.4) is 0 Å². The zero-order valence-corrected chi connectivity index (χ0v) is 11.2. The van der Waals surface area contributed by atoms with Crippen molar-refractivity contribution in [2.45, 2.75) is 0 Å². The Hall–Kier alpha value is -1.66. The number of benzene rings is 1. The lowest BCUT2D eigenvalue weighted by atomic mass is 10.3. The van der Waals surface area contributed by atoms with Crippen LogP contribution in [0.4, 0.5) is 5.69 Å². The van der Waals surface area contributed by atoms with Gasteiger partial charge in [-0.05, 0) is 34.1 Å². The lowest BCUT2D eigenvalue weighted by Crippen LogP contribution is -1.91. The van der Waals surface area contributed by atoms with Gasteiger partial charge in [-0.1, -0.05) is 11.6 Å². The molecule has 1 heterocycles. The second kappa shape index (κ2) is 5.32. The molecule has 0 aliphatic heterocycles. The largest absolute Gasteiger partial charge is 0.438 e. The monoisotopic (exact) mass is 328 g/mol. The Kier molecular flexibility index (Phi) is 3.78. The van der Waals surface area contributed by atoms with Gasteiger partial charge in [0.25, 0.3) is 5.69 Å². The van der Waals surface area contributed by atoms with Crippen LogP contribution in [-0.2, 0) is 0 Å². The predicted molar refractivity (Wildman–Crippen MR) is 70.1 cm³/mol. The molecular formula is C11H6BrClN2O3. The van der Waals surface area contributed by atoms with Crippen molar-refractivity contribution in [3.05, 3.63) is 56.1 Å². The van der Waals surface area contributed by atoms with Crippen molar-refractivity contribution in [1.29, 1.82) is 0 Å². The lowest BCUT2D eigenvalue weighted by molar-refractivity contribution is -0.384. The van der Waals surface area contributed by atoms with Crippen molar-refractivity contribution in [2.75, 3.05) is 0 Å². The van der Waals surface area contributed by atoms with E-state index in [2.05, 4.69) is 20.9 Å². The molecule has 2 rings (SSSR count). The number of rotatable bonds is 3. The molecule has 1 aromatic heterocycles. The molecule has 0 atom stereocenters. The Labute approximate surface area is 116 Å². The van der Waals surface area contributed by atoms with Gasteiger partial charge >= 0.3 is 0 Å². The molecule has 2 aromatic rings. The smallest absolute Gasteiger partial charge is 0.288 e. The number of ether oxygens (including phenoxy) is 1. The van der Waals surface area contributed by atoms with Crippen LogP contribution < -0.4 is 4.74 Å². The van der Waals surface area contributed by atoms with E-state index in [1.54, 1.807) is 18.3 Å². The number of nitro benzene ring substituents is 1. The highest BCUT2D eigenvalue weighted by molar-refractivity contribution is 9.10. The molecule has 0 saturated carbocycles. The fourth-order valence-electron chi connectivity index (χ4n) is 1.26. The molecule has 5 nitrogen and oxygen atoms in total. The van der Waals surface area contributed by atoms with Crippen LogP contribution in [-0.4, -0.2) is 9.91 Å². The standard InChI is InChI=1S/C11H6BrClN2O3/c12-8-2-1-5-14-11(8)18-7-3-4-10(15(16)17)9(13)6-7/h1-6H. The van der Waals surface area contributed by atoms with Gasteiger partial charge in [0.1, 0.15) is 10.8 Å². The number of halogens is 2. The lowest BCUT2D eigenvalue weighted by Gasteiger charge is -2.06. The van der Waals surface area contributed by atoms with Crippen LogP contribution in [0.1, 0.15) is 0 Å². The summed E-state index contributed by atoms with van der Waals surface area (Å²) in [5, 5.41) is 10.6. The van der Waals surface area contributed by atoms with Crippen molar-refractivity contribution in [1.82, 2.24) is 4.98 Å². The third-order valence-corrected chi connectivity index (χ3v) is 2.96. The second-order valence-electron chi connectivity index (χ2n) is 3.26. The predicted octanol–water partition coefficient (Wildman–Crippen LogP) is 4.20. The average Bonchev–Trinajstić information content (AvgIpc) is 2.32. The van der Waals surface area contributed by atoms with Crippen LogP contribution in [0, 0.1) is 10.1 Å². The highest BCUT2D eigenvalue weighted by Crippen LogP contribution is 2.32. The van der Waals surface area contributed by atoms with Crippen LogP contribution in [0.15, 0.2) is 41.0 Å². The third kappa shape index (κ3) is 2.77. The van der Waals surface area contributed by atoms with Gasteiger partial charge in [-0.15, -0.1) is 0 Å². The quantitative estimate of drug-likeness (QED) is 0.625. The first kappa shape index (κ1) is 12.8. The first-order valence-corrected chi connectivity index (χ1v) is 5.97. The first-order chi connectivity index (χ1) is 8.58. The molecule has 0 saturated heterocycles. The van der Waals surface area contributed by atoms with Crippen LogP contribution >= 0.6 is 27.5 Å². The van der Waals surface area contributed by atoms with E-state index < -0.39 is 4.92 Å². The molecule has 0 radical (unpaired) electrons. The topological polar surface area (TPSA) is 65.3 Å². The fraction of sp³-hybridized carbons (Fsp3) is 0. The van der Waals surface area contributed by atoms with E-state index in [1.165, 1.54) is 18.2 Å². The van der Waals surface area contributed by atoms with Gasteiger partial charge in [-0.3, -0.25) is 10.1 Å². The van der Waals surface area contributed by atoms with Crippen molar-refractivity contribution in [2.24, 2.45) is 0 Å². The summed E-state index contributed by atoms with van der Waals surface area (Å²) in [6.45, 7) is 0. The number of aromatic nitrogens is 1. The summed E-state index contributed by atoms with van der Waals surface area (Å²) in [5.41, 5.74) is -0.163. The maximum absolute atomic E-state index is 10.6. The summed E-state index contributed by atoms with van der Waals surface area (Å²) in [5.74, 6) is 0.743. The maximum atomic E-state index is 10.6. The molecule has 0 aliphatic rings. The molecule has 1 aromatic carbocycles. The van der Waals surface area contributed by atoms with E-state index >= 15 is 0 Å². The third-order valence-electron chi connectivity index (χ3n) is 2.06. The number of nitrogens with zero attached hydrogens (tertiary/aromatic N) is 2. The van der Waals surface area contributed by atoms with Crippen LogP contribution in [0.2, 0.25) is 5.02 Å². The van der Waals surface area contributed by atoms with Crippen molar-refractivity contribution >= 4 is 33.2 Å². The Morgan fingerprint density at radius 2 is 2.17 bits per heavy atom. The van der Waals surface area contributed by atoms with Crippen molar-refractivity contribution in [3.8, 4) is 11.6 Å². The molecule has 0 unspecified atom stereocenters. The minimum atomic E-state index is -0.553. The van der Waals surface area contributed by atoms with Gasteiger partial charge in [0.15, 0.2) is 0 Å². The summed E-state index contributed by atoms with van der Waals surface area (Å²) in [6, 6.07) is 7.65. The summed E-state index contributed by atoms with van der Waals surface area (Å²) >= 11 is 9.06. The molecular weight excluding hydrogens is 323 g/mol. The van der Waals surface area contributed by atoms with E-state index in [0.717, 1.165) is 0 Å². The molecule has 0 aliphatic carbocycles. The average molecular weight is 330 g/mol. The molecule has 0 spiro atoms. The van der Waals surface area contributed by atoms with Gasteiger partial charge in [-0.25, -0.2) is 4.98 Å². The highest BCUT2D eigenvalue weighted by Gasteiger charge is 2.13. The Morgan fingerprint density at radius 3 is 2.78 bits per heavy atom. The SMILES string of the molecule is O=[N+]([O-])c1ccc(Oc2ncccc2Br)cc1Cl. The van der Waals surface area contributed by atoms with E-state index in [0.29, 0.717) is 16.1 Å². The fourth-order valence-corrected chi connectivity index (χ4v) is 1.83. The zero-order valence-electron chi connectivity index (χ0n) is 8.84. The van der Waals surface area contributed by atoms with Gasteiger partial charge in [-0.2, -0.15) is 0 Å². The molecule has 0 N–H and O–H groups in total. The number of pyridine rings is 1. The molecule has 92 valence electrons. The minimum Gasteiger partial charge on any atom is -0.438 e. The molecule has 0 fully saturated rings. The molecule has 7 heteroatoms. The van der Waals surface area contributed by atoms with Crippen LogP contribution in [0.5, 0.6) is 11.6 Å². The van der Waals surface area contributed by atoms with Gasteiger partial charge in [0.05, 0.1) is 9.40 Å². The first-order valence-electron chi connectivity index (χ1n) is 4.80. The molecule has 18 heavy (non-hydrogen) atoms. The number of hydrogen-bond acceptors (Lipinski definition) is 4. The molecule has 0 amide bonds. The van der Waals surface area contributed by atoms with E-state index in [-0.39, 0.29) is 10.7 Å².